The highest BCUT2D eigenvalue weighted by Crippen LogP contribution is 2.35. The number of hydrogen-bond acceptors (Lipinski definition) is 4. The lowest BCUT2D eigenvalue weighted by Gasteiger charge is -2.20. The van der Waals surface area contributed by atoms with Gasteiger partial charge >= 0.3 is 6.03 Å². The summed E-state index contributed by atoms with van der Waals surface area (Å²) in [5, 5.41) is 5.28. The number of amides is 4. The van der Waals surface area contributed by atoms with Gasteiger partial charge in [-0.15, -0.1) is 11.3 Å². The van der Waals surface area contributed by atoms with Gasteiger partial charge in [0.25, 0.3) is 5.91 Å². The number of thiophene rings is 1. The number of hydrogen-bond donors (Lipinski definition) is 2. The van der Waals surface area contributed by atoms with Crippen molar-refractivity contribution in [3.8, 4) is 0 Å². The zero-order valence-corrected chi connectivity index (χ0v) is 13.5. The van der Waals surface area contributed by atoms with Crippen molar-refractivity contribution in [3.05, 3.63) is 21.3 Å². The maximum absolute atomic E-state index is 12.5. The van der Waals surface area contributed by atoms with Crippen LogP contribution in [-0.2, 0) is 15.1 Å². The molecule has 0 aliphatic carbocycles. The maximum Gasteiger partial charge on any atom is 0.325 e. The fourth-order valence-corrected chi connectivity index (χ4v) is 3.24. The Hall–Kier alpha value is -1.60. The van der Waals surface area contributed by atoms with Crippen LogP contribution in [0.3, 0.4) is 0 Å². The van der Waals surface area contributed by atoms with Crippen LogP contribution in [0.4, 0.5) is 4.79 Å². The molecule has 1 atom stereocenters. The molecule has 1 aromatic heterocycles. The van der Waals surface area contributed by atoms with Crippen molar-refractivity contribution in [3.63, 3.8) is 0 Å². The Labute approximate surface area is 131 Å². The van der Waals surface area contributed by atoms with E-state index >= 15 is 0 Å². The van der Waals surface area contributed by atoms with E-state index in [2.05, 4.69) is 10.6 Å². The van der Waals surface area contributed by atoms with E-state index in [1.54, 1.807) is 19.1 Å². The van der Waals surface area contributed by atoms with E-state index in [0.717, 1.165) is 4.90 Å². The topological polar surface area (TPSA) is 78.5 Å². The zero-order valence-electron chi connectivity index (χ0n) is 11.9. The molecule has 0 spiro atoms. The molecule has 0 bridgehead atoms. The standard InChI is InChI=1S/C13H16ClN3O3S/c1-7(2)15-10(18)6-17-11(19)13(3,16-12(17)20)8-4-5-9(14)21-8/h4-5,7H,6H2,1-3H3,(H,15,18)(H,16,20). The molecule has 4 amide bonds. The Kier molecular flexibility index (Phi) is 4.25. The lowest BCUT2D eigenvalue weighted by molar-refractivity contribution is -0.134. The summed E-state index contributed by atoms with van der Waals surface area (Å²) in [6.07, 6.45) is 0. The molecule has 1 unspecified atom stereocenters. The van der Waals surface area contributed by atoms with Crippen molar-refractivity contribution in [1.29, 1.82) is 0 Å². The van der Waals surface area contributed by atoms with Gasteiger partial charge in [0.1, 0.15) is 6.54 Å². The first kappa shape index (κ1) is 15.8. The van der Waals surface area contributed by atoms with E-state index in [9.17, 15) is 14.4 Å². The summed E-state index contributed by atoms with van der Waals surface area (Å²) in [4.78, 5) is 37.8. The van der Waals surface area contributed by atoms with Gasteiger partial charge in [0.15, 0.2) is 5.54 Å². The van der Waals surface area contributed by atoms with Crippen LogP contribution in [0.25, 0.3) is 0 Å². The van der Waals surface area contributed by atoms with Crippen LogP contribution in [0.15, 0.2) is 12.1 Å². The Morgan fingerprint density at radius 1 is 1.48 bits per heavy atom. The number of rotatable bonds is 4. The average Bonchev–Trinajstić information content (AvgIpc) is 2.88. The number of halogens is 1. The van der Waals surface area contributed by atoms with Crippen molar-refractivity contribution >= 4 is 40.8 Å². The number of carbonyl (C=O) groups excluding carboxylic acids is 3. The summed E-state index contributed by atoms with van der Waals surface area (Å²) >= 11 is 7.10. The molecule has 0 saturated carbocycles. The zero-order chi connectivity index (χ0) is 15.8. The van der Waals surface area contributed by atoms with Crippen molar-refractivity contribution < 1.29 is 14.4 Å². The smallest absolute Gasteiger partial charge is 0.325 e. The molecule has 1 aromatic rings. The second-order valence-electron chi connectivity index (χ2n) is 5.27. The molecular weight excluding hydrogens is 314 g/mol. The minimum absolute atomic E-state index is 0.0549. The molecule has 2 rings (SSSR count). The molecule has 8 heteroatoms. The molecule has 2 heterocycles. The Balaban J connectivity index is 2.18. The van der Waals surface area contributed by atoms with Crippen LogP contribution in [0.1, 0.15) is 25.6 Å². The molecule has 1 aliphatic heterocycles. The highest BCUT2D eigenvalue weighted by Gasteiger charge is 2.50. The third kappa shape index (κ3) is 3.03. The molecule has 0 aromatic carbocycles. The van der Waals surface area contributed by atoms with Gasteiger partial charge in [0.05, 0.1) is 4.34 Å². The Morgan fingerprint density at radius 3 is 2.67 bits per heavy atom. The predicted octanol–water partition coefficient (Wildman–Crippen LogP) is 1.69. The molecular formula is C13H16ClN3O3S. The van der Waals surface area contributed by atoms with Gasteiger partial charge in [0, 0.05) is 10.9 Å². The number of urea groups is 1. The molecule has 114 valence electrons. The first-order valence-electron chi connectivity index (χ1n) is 6.43. The van der Waals surface area contributed by atoms with Gasteiger partial charge in [-0.05, 0) is 32.9 Å². The van der Waals surface area contributed by atoms with Crippen molar-refractivity contribution in [2.24, 2.45) is 0 Å². The monoisotopic (exact) mass is 329 g/mol. The number of imide groups is 1. The van der Waals surface area contributed by atoms with Gasteiger partial charge < -0.3 is 10.6 Å². The van der Waals surface area contributed by atoms with E-state index in [1.807, 2.05) is 13.8 Å². The number of nitrogens with one attached hydrogen (secondary N) is 2. The fourth-order valence-electron chi connectivity index (χ4n) is 2.10. The van der Waals surface area contributed by atoms with Gasteiger partial charge in [-0.3, -0.25) is 14.5 Å². The summed E-state index contributed by atoms with van der Waals surface area (Å²) in [6, 6.07) is 2.73. The van der Waals surface area contributed by atoms with Crippen LogP contribution in [0.2, 0.25) is 4.34 Å². The third-order valence-corrected chi connectivity index (χ3v) is 4.55. The quantitative estimate of drug-likeness (QED) is 0.825. The van der Waals surface area contributed by atoms with Crippen LogP contribution >= 0.6 is 22.9 Å². The fraction of sp³-hybridized carbons (Fsp3) is 0.462. The normalized spacial score (nSPS) is 21.9. The Bertz CT molecular complexity index is 601. The molecule has 6 nitrogen and oxygen atoms in total. The molecule has 1 saturated heterocycles. The number of carbonyl (C=O) groups is 3. The molecule has 0 radical (unpaired) electrons. The van der Waals surface area contributed by atoms with Crippen molar-refractivity contribution in [2.75, 3.05) is 6.54 Å². The van der Waals surface area contributed by atoms with Gasteiger partial charge in [-0.2, -0.15) is 0 Å². The van der Waals surface area contributed by atoms with E-state index in [0.29, 0.717) is 9.21 Å². The lowest BCUT2D eigenvalue weighted by atomic mass is 10.0. The van der Waals surface area contributed by atoms with E-state index in [4.69, 9.17) is 11.6 Å². The minimum atomic E-state index is -1.17. The van der Waals surface area contributed by atoms with Crippen LogP contribution in [0.5, 0.6) is 0 Å². The molecule has 2 N–H and O–H groups in total. The second kappa shape index (κ2) is 5.65. The van der Waals surface area contributed by atoms with Crippen LogP contribution < -0.4 is 10.6 Å². The van der Waals surface area contributed by atoms with E-state index in [1.165, 1.54) is 11.3 Å². The van der Waals surface area contributed by atoms with Gasteiger partial charge in [0.2, 0.25) is 5.91 Å². The Morgan fingerprint density at radius 2 is 2.14 bits per heavy atom. The second-order valence-corrected chi connectivity index (χ2v) is 6.99. The largest absolute Gasteiger partial charge is 0.352 e. The van der Waals surface area contributed by atoms with E-state index < -0.39 is 17.5 Å². The number of nitrogens with zero attached hydrogens (tertiary/aromatic N) is 1. The first-order valence-corrected chi connectivity index (χ1v) is 7.63. The van der Waals surface area contributed by atoms with Gasteiger partial charge in [-0.1, -0.05) is 11.6 Å². The van der Waals surface area contributed by atoms with Crippen LogP contribution in [0, 0.1) is 0 Å². The van der Waals surface area contributed by atoms with Gasteiger partial charge in [-0.25, -0.2) is 4.79 Å². The molecule has 1 fully saturated rings. The van der Waals surface area contributed by atoms with Crippen molar-refractivity contribution in [2.45, 2.75) is 32.4 Å². The van der Waals surface area contributed by atoms with E-state index in [-0.39, 0.29) is 18.5 Å². The predicted molar refractivity (Wildman–Crippen MR) is 80.2 cm³/mol. The minimum Gasteiger partial charge on any atom is -0.352 e. The highest BCUT2D eigenvalue weighted by atomic mass is 35.5. The third-order valence-electron chi connectivity index (χ3n) is 3.09. The molecule has 21 heavy (non-hydrogen) atoms. The lowest BCUT2D eigenvalue weighted by Crippen LogP contribution is -2.44. The van der Waals surface area contributed by atoms with Crippen LogP contribution in [-0.4, -0.2) is 35.3 Å². The maximum atomic E-state index is 12.5. The highest BCUT2D eigenvalue weighted by molar-refractivity contribution is 7.16. The summed E-state index contributed by atoms with van der Waals surface area (Å²) in [6.45, 7) is 4.93. The SMILES string of the molecule is CC(C)NC(=O)CN1C(=O)NC(C)(c2ccc(Cl)s2)C1=O. The summed E-state index contributed by atoms with van der Waals surface area (Å²) in [7, 11) is 0. The summed E-state index contributed by atoms with van der Waals surface area (Å²) < 4.78 is 0.532. The summed E-state index contributed by atoms with van der Waals surface area (Å²) in [5.41, 5.74) is -1.17. The summed E-state index contributed by atoms with van der Waals surface area (Å²) in [5.74, 6) is -0.827. The first-order chi connectivity index (χ1) is 9.74. The average molecular weight is 330 g/mol. The molecule has 1 aliphatic rings. The van der Waals surface area contributed by atoms with Crippen molar-refractivity contribution in [1.82, 2.24) is 15.5 Å².